The minimum absolute atomic E-state index is 0.140. The predicted molar refractivity (Wildman–Crippen MR) is 51.3 cm³/mol. The van der Waals surface area contributed by atoms with Crippen LogP contribution in [0.4, 0.5) is 0 Å². The fourth-order valence-corrected chi connectivity index (χ4v) is 1.01. The molecule has 0 saturated heterocycles. The number of hydrogen-bond donors (Lipinski definition) is 1. The molecular weight excluding hydrogens is 175 g/mol. The van der Waals surface area contributed by atoms with Gasteiger partial charge in [-0.2, -0.15) is 0 Å². The van der Waals surface area contributed by atoms with Gasteiger partial charge in [-0.15, -0.1) is 0 Å². The fraction of sp³-hybridized carbons (Fsp3) is 0.857. The minimum Gasteiger partial charge on any atom is -0.329 e. The number of hydrogen-bond acceptors (Lipinski definition) is 3. The Kier molecular flexibility index (Phi) is 4.68. The zero-order valence-corrected chi connectivity index (χ0v) is 9.18. The van der Waals surface area contributed by atoms with Gasteiger partial charge in [0.25, 0.3) is 0 Å². The molecule has 12 heavy (non-hydrogen) atoms. The largest absolute Gasteiger partial charge is 0.329 e. The lowest BCUT2D eigenvalue weighted by molar-refractivity contribution is -0.870. The molecule has 0 aromatic carbocycles. The molecule has 72 valence electrons. The number of nitrogens with one attached hydrogen (secondary N) is 1. The van der Waals surface area contributed by atoms with Crippen LogP contribution < -0.4 is 0 Å². The summed E-state index contributed by atoms with van der Waals surface area (Å²) in [4.78, 5) is 0. The van der Waals surface area contributed by atoms with Gasteiger partial charge in [-0.1, -0.05) is 0 Å². The third kappa shape index (κ3) is 6.53. The third-order valence-electron chi connectivity index (χ3n) is 1.30. The van der Waals surface area contributed by atoms with Crippen molar-refractivity contribution in [2.45, 2.75) is 6.92 Å². The smallest absolute Gasteiger partial charge is 0.233 e. The Hall–Kier alpha value is -0.180. The second-order valence-corrected chi connectivity index (χ2v) is 5.39. The molecule has 1 atom stereocenters. The molecule has 0 radical (unpaired) electrons. The van der Waals surface area contributed by atoms with E-state index in [2.05, 4.69) is 0 Å². The van der Waals surface area contributed by atoms with Crippen LogP contribution in [0, 0.1) is 5.41 Å². The molecule has 5 heteroatoms. The first-order chi connectivity index (χ1) is 5.33. The van der Waals surface area contributed by atoms with E-state index in [0.717, 1.165) is 11.0 Å². The highest BCUT2D eigenvalue weighted by molar-refractivity contribution is 7.59. The van der Waals surface area contributed by atoms with Crippen LogP contribution in [0.2, 0.25) is 0 Å². The molecule has 0 aromatic rings. The standard InChI is InChI=1S/C7H18N2O2P/c1-7(8)12(10)11-6-5-9(2,3)4/h8,12H,5-6H2,1-4H3/q+1. The van der Waals surface area contributed by atoms with E-state index in [4.69, 9.17) is 9.93 Å². The number of rotatable bonds is 5. The van der Waals surface area contributed by atoms with E-state index in [0.29, 0.717) is 6.61 Å². The lowest BCUT2D eigenvalue weighted by Crippen LogP contribution is -2.37. The highest BCUT2D eigenvalue weighted by Gasteiger charge is 2.08. The SMILES string of the molecule is CC(=N)[PH](=O)OCC[N+](C)(C)C. The van der Waals surface area contributed by atoms with Crippen molar-refractivity contribution in [2.75, 3.05) is 34.3 Å². The summed E-state index contributed by atoms with van der Waals surface area (Å²) in [6.45, 7) is 2.77. The van der Waals surface area contributed by atoms with E-state index in [1.165, 1.54) is 6.92 Å². The lowest BCUT2D eigenvalue weighted by Gasteiger charge is -2.23. The van der Waals surface area contributed by atoms with Crippen molar-refractivity contribution < 1.29 is 13.6 Å². The van der Waals surface area contributed by atoms with Crippen LogP contribution in [0.1, 0.15) is 6.92 Å². The molecule has 0 heterocycles. The predicted octanol–water partition coefficient (Wildman–Crippen LogP) is 1.18. The van der Waals surface area contributed by atoms with Crippen LogP contribution in [-0.4, -0.2) is 44.2 Å². The Morgan fingerprint density at radius 3 is 2.33 bits per heavy atom. The Morgan fingerprint density at radius 2 is 2.00 bits per heavy atom. The summed E-state index contributed by atoms with van der Waals surface area (Å²) in [6, 6.07) is 0. The first-order valence-electron chi connectivity index (χ1n) is 3.85. The van der Waals surface area contributed by atoms with Gasteiger partial charge in [0.1, 0.15) is 13.2 Å². The molecule has 0 aliphatic rings. The molecule has 0 aliphatic carbocycles. The summed E-state index contributed by atoms with van der Waals surface area (Å²) in [5.74, 6) is 0. The van der Waals surface area contributed by atoms with Crippen LogP contribution >= 0.6 is 8.03 Å². The Morgan fingerprint density at radius 1 is 1.50 bits per heavy atom. The third-order valence-corrected chi connectivity index (χ3v) is 2.38. The Balaban J connectivity index is 3.58. The molecule has 0 saturated carbocycles. The monoisotopic (exact) mass is 193 g/mol. The van der Waals surface area contributed by atoms with E-state index in [1.54, 1.807) is 0 Å². The quantitative estimate of drug-likeness (QED) is 0.405. The maximum atomic E-state index is 11.0. The topological polar surface area (TPSA) is 50.2 Å². The normalized spacial score (nSPS) is 14.3. The second-order valence-electron chi connectivity index (χ2n) is 3.77. The van der Waals surface area contributed by atoms with Gasteiger partial charge >= 0.3 is 0 Å². The number of likely N-dealkylation sites (N-methyl/N-ethyl adjacent to an activating group) is 1. The number of quaternary nitrogens is 1. The second kappa shape index (κ2) is 4.75. The van der Waals surface area contributed by atoms with Crippen LogP contribution in [0.15, 0.2) is 0 Å². The van der Waals surface area contributed by atoms with Crippen molar-refractivity contribution in [3.63, 3.8) is 0 Å². The molecule has 0 bridgehead atoms. The van der Waals surface area contributed by atoms with Crippen molar-refractivity contribution in [2.24, 2.45) is 0 Å². The van der Waals surface area contributed by atoms with Crippen LogP contribution in [0.3, 0.4) is 0 Å². The van der Waals surface area contributed by atoms with Crippen molar-refractivity contribution in [1.29, 1.82) is 5.41 Å². The molecule has 0 amide bonds. The average molecular weight is 193 g/mol. The molecule has 4 nitrogen and oxygen atoms in total. The molecule has 0 rings (SSSR count). The molecule has 0 fully saturated rings. The highest BCUT2D eigenvalue weighted by atomic mass is 31.1. The van der Waals surface area contributed by atoms with Gasteiger partial charge in [0.05, 0.1) is 26.6 Å². The Bertz CT molecular complexity index is 186. The fourth-order valence-electron chi connectivity index (χ4n) is 0.520. The van der Waals surface area contributed by atoms with Gasteiger partial charge in [-0.05, 0) is 6.92 Å². The molecule has 0 aromatic heterocycles. The van der Waals surface area contributed by atoms with E-state index in [1.807, 2.05) is 21.1 Å². The summed E-state index contributed by atoms with van der Waals surface area (Å²) in [5, 5.41) is 7.04. The van der Waals surface area contributed by atoms with Crippen molar-refractivity contribution >= 4 is 13.5 Å². The first-order valence-corrected chi connectivity index (χ1v) is 5.17. The number of nitrogens with zero attached hydrogens (tertiary/aromatic N) is 1. The van der Waals surface area contributed by atoms with Gasteiger partial charge in [0.15, 0.2) is 0 Å². The maximum absolute atomic E-state index is 11.0. The summed E-state index contributed by atoms with van der Waals surface area (Å²) in [7, 11) is 3.91. The van der Waals surface area contributed by atoms with Crippen molar-refractivity contribution in [3.05, 3.63) is 0 Å². The average Bonchev–Trinajstić information content (AvgIpc) is 1.84. The summed E-state index contributed by atoms with van der Waals surface area (Å²) in [6.07, 6.45) is 0. The van der Waals surface area contributed by atoms with Crippen LogP contribution in [0.5, 0.6) is 0 Å². The first kappa shape index (κ1) is 11.8. The molecule has 0 spiro atoms. The molecular formula is C7H18N2O2P+. The Labute approximate surface area is 74.5 Å². The van der Waals surface area contributed by atoms with Gasteiger partial charge in [-0.3, -0.25) is 9.97 Å². The van der Waals surface area contributed by atoms with Crippen LogP contribution in [-0.2, 0) is 9.09 Å². The minimum atomic E-state index is -2.21. The van der Waals surface area contributed by atoms with Gasteiger partial charge < -0.3 is 9.01 Å². The van der Waals surface area contributed by atoms with E-state index in [-0.39, 0.29) is 5.45 Å². The van der Waals surface area contributed by atoms with Gasteiger partial charge in [-0.25, -0.2) is 0 Å². The van der Waals surface area contributed by atoms with E-state index in [9.17, 15) is 4.57 Å². The molecule has 0 aliphatic heterocycles. The van der Waals surface area contributed by atoms with Gasteiger partial charge in [0.2, 0.25) is 8.03 Å². The zero-order chi connectivity index (χ0) is 9.78. The van der Waals surface area contributed by atoms with Crippen molar-refractivity contribution in [3.8, 4) is 0 Å². The molecule has 1 unspecified atom stereocenters. The summed E-state index contributed by atoms with van der Waals surface area (Å²) < 4.78 is 16.7. The summed E-state index contributed by atoms with van der Waals surface area (Å²) >= 11 is 0. The molecule has 1 N–H and O–H groups in total. The van der Waals surface area contributed by atoms with E-state index >= 15 is 0 Å². The summed E-state index contributed by atoms with van der Waals surface area (Å²) in [5.41, 5.74) is 0.140. The maximum Gasteiger partial charge on any atom is 0.233 e. The van der Waals surface area contributed by atoms with Gasteiger partial charge in [0, 0.05) is 0 Å². The van der Waals surface area contributed by atoms with E-state index < -0.39 is 8.03 Å². The zero-order valence-electron chi connectivity index (χ0n) is 8.18. The lowest BCUT2D eigenvalue weighted by atomic mass is 10.5. The van der Waals surface area contributed by atoms with Crippen molar-refractivity contribution in [1.82, 2.24) is 0 Å². The van der Waals surface area contributed by atoms with Crippen LogP contribution in [0.25, 0.3) is 0 Å². The highest BCUT2D eigenvalue weighted by Crippen LogP contribution is 2.22.